The molecule has 0 aromatic carbocycles. The summed E-state index contributed by atoms with van der Waals surface area (Å²) in [5.41, 5.74) is 0. The zero-order valence-corrected chi connectivity index (χ0v) is 11.8. The first kappa shape index (κ1) is 14.1. The van der Waals surface area contributed by atoms with Crippen molar-refractivity contribution in [1.82, 2.24) is 9.97 Å². The van der Waals surface area contributed by atoms with Crippen molar-refractivity contribution < 1.29 is 5.11 Å². The highest BCUT2D eigenvalue weighted by Gasteiger charge is 2.23. The molecule has 0 unspecified atom stereocenters. The molecule has 0 amide bonds. The molecule has 1 fully saturated rings. The highest BCUT2D eigenvalue weighted by atomic mass is 16.3. The topological polar surface area (TPSA) is 61.3 Å². The Balaban J connectivity index is 1.99. The van der Waals surface area contributed by atoms with Gasteiger partial charge in [0.25, 0.3) is 0 Å². The van der Waals surface area contributed by atoms with Gasteiger partial charge in [0.1, 0.15) is 18.0 Å². The largest absolute Gasteiger partial charge is 0.393 e. The van der Waals surface area contributed by atoms with Gasteiger partial charge >= 0.3 is 0 Å². The van der Waals surface area contributed by atoms with Crippen LogP contribution in [-0.4, -0.2) is 40.8 Å². The van der Waals surface area contributed by atoms with E-state index in [4.69, 9.17) is 0 Å². The van der Waals surface area contributed by atoms with E-state index in [1.165, 1.54) is 0 Å². The molecular weight excluding hydrogens is 240 g/mol. The predicted octanol–water partition coefficient (Wildman–Crippen LogP) is 2.04. The van der Waals surface area contributed by atoms with Crippen LogP contribution in [0.1, 0.15) is 39.0 Å². The Morgan fingerprint density at radius 1 is 1.32 bits per heavy atom. The van der Waals surface area contributed by atoms with Crippen molar-refractivity contribution in [2.24, 2.45) is 0 Å². The van der Waals surface area contributed by atoms with Gasteiger partial charge in [-0.15, -0.1) is 0 Å². The van der Waals surface area contributed by atoms with Crippen LogP contribution in [0.2, 0.25) is 0 Å². The average molecular weight is 264 g/mol. The summed E-state index contributed by atoms with van der Waals surface area (Å²) >= 11 is 0. The van der Waals surface area contributed by atoms with E-state index in [1.807, 2.05) is 6.07 Å². The van der Waals surface area contributed by atoms with Gasteiger partial charge in [0.2, 0.25) is 0 Å². The van der Waals surface area contributed by atoms with Gasteiger partial charge < -0.3 is 15.3 Å². The van der Waals surface area contributed by atoms with Crippen molar-refractivity contribution in [3.8, 4) is 0 Å². The van der Waals surface area contributed by atoms with E-state index in [1.54, 1.807) is 6.33 Å². The Morgan fingerprint density at radius 2 is 2.05 bits per heavy atom. The zero-order valence-electron chi connectivity index (χ0n) is 11.8. The lowest BCUT2D eigenvalue weighted by Crippen LogP contribution is -2.36. The Kier molecular flexibility index (Phi) is 4.96. The van der Waals surface area contributed by atoms with Crippen LogP contribution in [0.15, 0.2) is 12.4 Å². The Hall–Kier alpha value is -1.36. The van der Waals surface area contributed by atoms with Gasteiger partial charge in [-0.2, -0.15) is 0 Å². The van der Waals surface area contributed by atoms with Gasteiger partial charge in [0.05, 0.1) is 6.10 Å². The molecule has 1 aliphatic rings. The molecule has 0 radical (unpaired) electrons. The molecule has 0 saturated heterocycles. The molecule has 0 bridgehead atoms. The van der Waals surface area contributed by atoms with E-state index >= 15 is 0 Å². The molecule has 1 heterocycles. The number of hydrogen-bond donors (Lipinski definition) is 2. The molecular formula is C14H24N4O. The third-order valence-corrected chi connectivity index (χ3v) is 3.78. The molecule has 5 nitrogen and oxygen atoms in total. The van der Waals surface area contributed by atoms with Crippen LogP contribution in [0.5, 0.6) is 0 Å². The van der Waals surface area contributed by atoms with Crippen molar-refractivity contribution >= 4 is 11.6 Å². The van der Waals surface area contributed by atoms with Gasteiger partial charge in [-0.25, -0.2) is 9.97 Å². The molecule has 2 N–H and O–H groups in total. The number of aliphatic hydroxyl groups excluding tert-OH is 1. The van der Waals surface area contributed by atoms with Crippen LogP contribution in [0.3, 0.4) is 0 Å². The highest BCUT2D eigenvalue weighted by molar-refractivity contribution is 5.48. The number of nitrogens with one attached hydrogen (secondary N) is 1. The molecule has 1 aromatic rings. The second-order valence-corrected chi connectivity index (χ2v) is 5.26. The van der Waals surface area contributed by atoms with Crippen LogP contribution in [0.4, 0.5) is 11.6 Å². The van der Waals surface area contributed by atoms with Crippen LogP contribution >= 0.6 is 0 Å². The number of aliphatic hydroxyl groups is 1. The number of aromatic nitrogens is 2. The monoisotopic (exact) mass is 264 g/mol. The maximum absolute atomic E-state index is 9.57. The third kappa shape index (κ3) is 3.80. The lowest BCUT2D eigenvalue weighted by Gasteiger charge is -2.33. The summed E-state index contributed by atoms with van der Waals surface area (Å²) in [5, 5.41) is 12.8. The fraction of sp³-hybridized carbons (Fsp3) is 0.714. The number of rotatable bonds is 5. The minimum Gasteiger partial charge on any atom is -0.393 e. The average Bonchev–Trinajstić information content (AvgIpc) is 2.45. The van der Waals surface area contributed by atoms with E-state index in [0.29, 0.717) is 6.04 Å². The molecule has 19 heavy (non-hydrogen) atoms. The first-order valence-corrected chi connectivity index (χ1v) is 7.17. The molecule has 5 heteroatoms. The molecule has 1 aliphatic carbocycles. The molecule has 0 atom stereocenters. The maximum atomic E-state index is 9.57. The quantitative estimate of drug-likeness (QED) is 0.852. The van der Waals surface area contributed by atoms with E-state index in [0.717, 1.165) is 50.3 Å². The van der Waals surface area contributed by atoms with E-state index < -0.39 is 0 Å². The maximum Gasteiger partial charge on any atom is 0.134 e. The minimum atomic E-state index is -0.114. The van der Waals surface area contributed by atoms with Crippen molar-refractivity contribution in [2.75, 3.05) is 23.8 Å². The van der Waals surface area contributed by atoms with Crippen LogP contribution in [-0.2, 0) is 0 Å². The van der Waals surface area contributed by atoms with Crippen LogP contribution in [0, 0.1) is 0 Å². The van der Waals surface area contributed by atoms with Gasteiger partial charge in [-0.3, -0.25) is 0 Å². The molecule has 0 aliphatic heterocycles. The summed E-state index contributed by atoms with van der Waals surface area (Å²) in [4.78, 5) is 10.8. The second-order valence-electron chi connectivity index (χ2n) is 5.26. The SMILES string of the molecule is CCCNc1cc(N(C)C2CCC(O)CC2)ncn1. The number of anilines is 2. The molecule has 1 aromatic heterocycles. The second kappa shape index (κ2) is 6.70. The number of nitrogens with zero attached hydrogens (tertiary/aromatic N) is 3. The molecule has 106 valence electrons. The minimum absolute atomic E-state index is 0.114. The zero-order chi connectivity index (χ0) is 13.7. The van der Waals surface area contributed by atoms with Crippen molar-refractivity contribution in [3.63, 3.8) is 0 Å². The lowest BCUT2D eigenvalue weighted by atomic mass is 9.92. The lowest BCUT2D eigenvalue weighted by molar-refractivity contribution is 0.122. The standard InChI is InChI=1S/C14H24N4O/c1-3-8-15-13-9-14(17-10-16-13)18(2)11-4-6-12(19)7-5-11/h9-12,19H,3-8H2,1-2H3,(H,15,16,17). The van der Waals surface area contributed by atoms with Crippen molar-refractivity contribution in [1.29, 1.82) is 0 Å². The summed E-state index contributed by atoms with van der Waals surface area (Å²) in [7, 11) is 2.08. The molecule has 1 saturated carbocycles. The van der Waals surface area contributed by atoms with Crippen molar-refractivity contribution in [3.05, 3.63) is 12.4 Å². The first-order valence-electron chi connectivity index (χ1n) is 7.17. The number of hydrogen-bond acceptors (Lipinski definition) is 5. The summed E-state index contributed by atoms with van der Waals surface area (Å²) in [6, 6.07) is 2.47. The normalized spacial score (nSPS) is 23.1. The summed E-state index contributed by atoms with van der Waals surface area (Å²) in [6.07, 6.45) is 6.41. The van der Waals surface area contributed by atoms with Gasteiger partial charge in [0.15, 0.2) is 0 Å². The predicted molar refractivity (Wildman–Crippen MR) is 77.5 cm³/mol. The fourth-order valence-corrected chi connectivity index (χ4v) is 2.52. The molecule has 2 rings (SSSR count). The summed E-state index contributed by atoms with van der Waals surface area (Å²) < 4.78 is 0. The Labute approximate surface area is 115 Å². The molecule has 0 spiro atoms. The van der Waals surface area contributed by atoms with Gasteiger partial charge in [-0.05, 0) is 32.1 Å². The van der Waals surface area contributed by atoms with Gasteiger partial charge in [-0.1, -0.05) is 6.92 Å². The van der Waals surface area contributed by atoms with E-state index in [-0.39, 0.29) is 6.10 Å². The van der Waals surface area contributed by atoms with E-state index in [2.05, 4.69) is 34.2 Å². The van der Waals surface area contributed by atoms with Crippen LogP contribution < -0.4 is 10.2 Å². The first-order chi connectivity index (χ1) is 9.20. The van der Waals surface area contributed by atoms with Crippen LogP contribution in [0.25, 0.3) is 0 Å². The highest BCUT2D eigenvalue weighted by Crippen LogP contribution is 2.25. The van der Waals surface area contributed by atoms with Gasteiger partial charge in [0, 0.05) is 25.7 Å². The fourth-order valence-electron chi connectivity index (χ4n) is 2.52. The Morgan fingerprint density at radius 3 is 2.74 bits per heavy atom. The third-order valence-electron chi connectivity index (χ3n) is 3.78. The van der Waals surface area contributed by atoms with Crippen molar-refractivity contribution in [2.45, 2.75) is 51.2 Å². The summed E-state index contributed by atoms with van der Waals surface area (Å²) in [6.45, 7) is 3.06. The van der Waals surface area contributed by atoms with E-state index in [9.17, 15) is 5.11 Å². The smallest absolute Gasteiger partial charge is 0.134 e. The Bertz CT molecular complexity index is 391. The summed E-state index contributed by atoms with van der Waals surface area (Å²) in [5.74, 6) is 1.84.